The van der Waals surface area contributed by atoms with Gasteiger partial charge in [0, 0.05) is 16.6 Å². The van der Waals surface area contributed by atoms with E-state index in [1.165, 1.54) is 11.5 Å². The average Bonchev–Trinajstić information content (AvgIpc) is 3.26. The molecule has 2 heterocycles. The maximum absolute atomic E-state index is 14.0. The van der Waals surface area contributed by atoms with Crippen molar-refractivity contribution in [2.75, 3.05) is 27.2 Å². The molecule has 0 saturated heterocycles. The lowest BCUT2D eigenvalue weighted by molar-refractivity contribution is 0.0595. The second-order valence-electron chi connectivity index (χ2n) is 10.1. The van der Waals surface area contributed by atoms with Gasteiger partial charge in [-0.15, -0.1) is 0 Å². The van der Waals surface area contributed by atoms with Crippen molar-refractivity contribution in [3.63, 3.8) is 0 Å². The molecule has 38 heavy (non-hydrogen) atoms. The first kappa shape index (κ1) is 28.1. The molecule has 2 aromatic carbocycles. The summed E-state index contributed by atoms with van der Waals surface area (Å²) in [6.07, 6.45) is 0.795. The van der Waals surface area contributed by atoms with Gasteiger partial charge in [0.15, 0.2) is 4.83 Å². The standard InChI is InChI=1S/C29H34BrN5O2S/c1-19(2)25(34(17-9-16-33(4)5)28(36)22-12-14-23(30)15-13-22)26-31-27-24(20(3)32-38-27)29(37)35(26)18-21-10-7-6-8-11-21/h6-8,10-15,19,25H,9,16-18H2,1-5H3. The highest BCUT2D eigenvalue weighted by Gasteiger charge is 2.33. The van der Waals surface area contributed by atoms with Crippen molar-refractivity contribution < 1.29 is 4.79 Å². The Hall–Kier alpha value is -2.88. The van der Waals surface area contributed by atoms with E-state index in [9.17, 15) is 9.59 Å². The highest BCUT2D eigenvalue weighted by Crippen LogP contribution is 2.31. The fraction of sp³-hybridized carbons (Fsp3) is 0.379. The lowest BCUT2D eigenvalue weighted by atomic mass is 9.99. The van der Waals surface area contributed by atoms with Gasteiger partial charge in [0.2, 0.25) is 0 Å². The summed E-state index contributed by atoms with van der Waals surface area (Å²) in [6.45, 7) is 7.76. The third kappa shape index (κ3) is 6.22. The molecule has 0 saturated carbocycles. The molecule has 0 N–H and O–H groups in total. The molecule has 0 aliphatic carbocycles. The molecular formula is C29H34BrN5O2S. The van der Waals surface area contributed by atoms with Crippen LogP contribution in [0, 0.1) is 12.8 Å². The van der Waals surface area contributed by atoms with Crippen LogP contribution in [0.3, 0.4) is 0 Å². The van der Waals surface area contributed by atoms with Crippen LogP contribution in [-0.4, -0.2) is 56.8 Å². The minimum atomic E-state index is -0.406. The SMILES string of the molecule is Cc1nsc2nc(C(C(C)C)N(CCCN(C)C)C(=O)c3ccc(Br)cc3)n(Cc3ccccc3)c(=O)c12. The van der Waals surface area contributed by atoms with Gasteiger partial charge in [-0.05, 0) is 81.3 Å². The molecule has 4 aromatic rings. The summed E-state index contributed by atoms with van der Waals surface area (Å²) in [6, 6.07) is 16.9. The van der Waals surface area contributed by atoms with Gasteiger partial charge in [-0.3, -0.25) is 14.2 Å². The molecule has 0 radical (unpaired) electrons. The third-order valence-corrected chi connectivity index (χ3v) is 7.93. The lowest BCUT2D eigenvalue weighted by Gasteiger charge is -2.35. The fourth-order valence-electron chi connectivity index (χ4n) is 4.71. The summed E-state index contributed by atoms with van der Waals surface area (Å²) in [5.41, 5.74) is 2.18. The van der Waals surface area contributed by atoms with E-state index in [0.717, 1.165) is 23.0 Å². The molecular weight excluding hydrogens is 562 g/mol. The van der Waals surface area contributed by atoms with Crippen LogP contribution in [0.1, 0.15) is 53.7 Å². The molecule has 1 amide bonds. The first-order chi connectivity index (χ1) is 18.2. The van der Waals surface area contributed by atoms with Crippen molar-refractivity contribution in [2.24, 2.45) is 5.92 Å². The van der Waals surface area contributed by atoms with Crippen molar-refractivity contribution in [2.45, 2.75) is 39.8 Å². The van der Waals surface area contributed by atoms with Crippen molar-refractivity contribution in [1.29, 1.82) is 0 Å². The molecule has 0 spiro atoms. The molecule has 200 valence electrons. The monoisotopic (exact) mass is 595 g/mol. The topological polar surface area (TPSA) is 71.3 Å². The number of carbonyl (C=O) groups is 1. The van der Waals surface area contributed by atoms with E-state index in [1.54, 1.807) is 4.57 Å². The van der Waals surface area contributed by atoms with Gasteiger partial charge in [0.1, 0.15) is 5.82 Å². The van der Waals surface area contributed by atoms with E-state index in [2.05, 4.69) is 39.1 Å². The molecule has 2 aromatic heterocycles. The predicted molar refractivity (Wildman–Crippen MR) is 158 cm³/mol. The van der Waals surface area contributed by atoms with E-state index >= 15 is 0 Å². The number of aromatic nitrogens is 3. The zero-order valence-electron chi connectivity index (χ0n) is 22.5. The Morgan fingerprint density at radius 3 is 2.37 bits per heavy atom. The van der Waals surface area contributed by atoms with Crippen LogP contribution in [0.4, 0.5) is 0 Å². The number of aryl methyl sites for hydroxylation is 1. The summed E-state index contributed by atoms with van der Waals surface area (Å²) < 4.78 is 7.09. The Balaban J connectivity index is 1.89. The fourth-order valence-corrected chi connectivity index (χ4v) is 5.75. The highest BCUT2D eigenvalue weighted by molar-refractivity contribution is 9.10. The van der Waals surface area contributed by atoms with Crippen LogP contribution in [0.2, 0.25) is 0 Å². The van der Waals surface area contributed by atoms with Crippen molar-refractivity contribution in [3.8, 4) is 0 Å². The molecule has 0 fully saturated rings. The number of rotatable bonds is 10. The summed E-state index contributed by atoms with van der Waals surface area (Å²) in [7, 11) is 4.06. The summed E-state index contributed by atoms with van der Waals surface area (Å²) in [5.74, 6) is 0.533. The molecule has 4 rings (SSSR count). The van der Waals surface area contributed by atoms with Gasteiger partial charge in [0.05, 0.1) is 23.7 Å². The number of nitrogens with zero attached hydrogens (tertiary/aromatic N) is 5. The average molecular weight is 597 g/mol. The summed E-state index contributed by atoms with van der Waals surface area (Å²) in [5, 5.41) is 0.551. The number of halogens is 1. The third-order valence-electron chi connectivity index (χ3n) is 6.57. The highest BCUT2D eigenvalue weighted by atomic mass is 79.9. The van der Waals surface area contributed by atoms with Gasteiger partial charge in [0.25, 0.3) is 11.5 Å². The van der Waals surface area contributed by atoms with E-state index in [4.69, 9.17) is 4.98 Å². The lowest BCUT2D eigenvalue weighted by Crippen LogP contribution is -2.42. The molecule has 1 unspecified atom stereocenters. The summed E-state index contributed by atoms with van der Waals surface area (Å²) in [4.78, 5) is 37.7. The van der Waals surface area contributed by atoms with Crippen LogP contribution in [-0.2, 0) is 6.54 Å². The molecule has 9 heteroatoms. The zero-order valence-corrected chi connectivity index (χ0v) is 24.9. The predicted octanol–water partition coefficient (Wildman–Crippen LogP) is 5.76. The minimum Gasteiger partial charge on any atom is -0.328 e. The Morgan fingerprint density at radius 2 is 1.74 bits per heavy atom. The number of carbonyl (C=O) groups excluding carboxylic acids is 1. The molecule has 0 aliphatic rings. The second-order valence-corrected chi connectivity index (χ2v) is 11.8. The minimum absolute atomic E-state index is 0.00847. The Kier molecular flexibility index (Phi) is 9.12. The quantitative estimate of drug-likeness (QED) is 0.233. The largest absolute Gasteiger partial charge is 0.328 e. The number of amides is 1. The van der Waals surface area contributed by atoms with Crippen LogP contribution in [0.25, 0.3) is 10.2 Å². The zero-order chi connectivity index (χ0) is 27.4. The van der Waals surface area contributed by atoms with Crippen LogP contribution in [0.15, 0.2) is 63.9 Å². The van der Waals surface area contributed by atoms with Gasteiger partial charge < -0.3 is 9.80 Å². The number of hydrogen-bond acceptors (Lipinski definition) is 6. The molecule has 7 nitrogen and oxygen atoms in total. The van der Waals surface area contributed by atoms with E-state index in [0.29, 0.717) is 40.4 Å². The first-order valence-corrected chi connectivity index (χ1v) is 14.4. The van der Waals surface area contributed by atoms with Gasteiger partial charge in [-0.25, -0.2) is 4.98 Å². The maximum atomic E-state index is 14.0. The van der Waals surface area contributed by atoms with Crippen LogP contribution >= 0.6 is 27.5 Å². The van der Waals surface area contributed by atoms with Crippen molar-refractivity contribution in [1.82, 2.24) is 23.7 Å². The Bertz CT molecular complexity index is 1450. The molecule has 0 bridgehead atoms. The van der Waals surface area contributed by atoms with Gasteiger partial charge in [-0.1, -0.05) is 60.1 Å². The normalized spacial score (nSPS) is 12.4. The molecule has 1 atom stereocenters. The van der Waals surface area contributed by atoms with E-state index < -0.39 is 6.04 Å². The Morgan fingerprint density at radius 1 is 1.05 bits per heavy atom. The second kappa shape index (κ2) is 12.3. The van der Waals surface area contributed by atoms with Gasteiger partial charge in [-0.2, -0.15) is 4.37 Å². The number of fused-ring (bicyclic) bond motifs is 1. The van der Waals surface area contributed by atoms with E-state index in [1.807, 2.05) is 80.5 Å². The number of hydrogen-bond donors (Lipinski definition) is 0. The maximum Gasteiger partial charge on any atom is 0.264 e. The smallest absolute Gasteiger partial charge is 0.264 e. The van der Waals surface area contributed by atoms with Crippen LogP contribution in [0.5, 0.6) is 0 Å². The first-order valence-electron chi connectivity index (χ1n) is 12.8. The van der Waals surface area contributed by atoms with Gasteiger partial charge >= 0.3 is 0 Å². The summed E-state index contributed by atoms with van der Waals surface area (Å²) >= 11 is 4.71. The molecule has 0 aliphatic heterocycles. The van der Waals surface area contributed by atoms with Crippen LogP contribution < -0.4 is 5.56 Å². The van der Waals surface area contributed by atoms with Crippen molar-refractivity contribution >= 4 is 43.6 Å². The Labute approximate surface area is 236 Å². The van der Waals surface area contributed by atoms with E-state index in [-0.39, 0.29) is 17.4 Å². The number of benzene rings is 2. The van der Waals surface area contributed by atoms with Crippen molar-refractivity contribution in [3.05, 3.63) is 92.1 Å².